The number of carbonyl (C=O) groups is 1. The van der Waals surface area contributed by atoms with E-state index in [2.05, 4.69) is 10.4 Å². The summed E-state index contributed by atoms with van der Waals surface area (Å²) in [6.07, 6.45) is -3.27. The predicted molar refractivity (Wildman–Crippen MR) is 90.4 cm³/mol. The van der Waals surface area contributed by atoms with Crippen molar-refractivity contribution in [3.05, 3.63) is 30.0 Å². The Morgan fingerprint density at radius 1 is 1.39 bits per heavy atom. The Kier molecular flexibility index (Phi) is 2.03. The Labute approximate surface area is 147 Å². The van der Waals surface area contributed by atoms with Gasteiger partial charge in [0.05, 0.1) is 6.89 Å². The highest BCUT2D eigenvalue weighted by Gasteiger charge is 2.36. The summed E-state index contributed by atoms with van der Waals surface area (Å²) in [5, 5.41) is 6.46. The van der Waals surface area contributed by atoms with Gasteiger partial charge in [-0.25, -0.2) is 0 Å². The van der Waals surface area contributed by atoms with E-state index in [-0.39, 0.29) is 16.6 Å². The van der Waals surface area contributed by atoms with Crippen molar-refractivity contribution in [1.29, 1.82) is 0 Å². The van der Waals surface area contributed by atoms with Gasteiger partial charge in [0.25, 0.3) is 5.91 Å². The molecule has 0 saturated carbocycles. The molecular weight excluding hydrogens is 288 g/mol. The topological polar surface area (TPSA) is 50.2 Å². The minimum Gasteiger partial charge on any atom is -0.348 e. The third kappa shape index (κ3) is 2.53. The van der Waals surface area contributed by atoms with Crippen LogP contribution in [-0.4, -0.2) is 45.7 Å². The normalized spacial score (nSPS) is 41.3. The Morgan fingerprint density at radius 2 is 2.13 bits per heavy atom. The maximum absolute atomic E-state index is 13.2. The average Bonchev–Trinajstić information content (AvgIpc) is 3.07. The lowest BCUT2D eigenvalue weighted by molar-refractivity contribution is 0.0462. The molecule has 2 aromatic rings. The van der Waals surface area contributed by atoms with Gasteiger partial charge in [-0.2, -0.15) is 5.10 Å². The molecule has 0 spiro atoms. The molecule has 122 valence electrons. The molecule has 1 N–H and O–H groups in total. The number of hydrogen-bond acceptors (Lipinski definition) is 3. The SMILES string of the molecule is [2H]C([2H])([2H])n1nc(C(=O)NC2([2H])C([2H])([2H])C3CCCC(N3C)C2([2H])[2H])c2ccccc21. The van der Waals surface area contributed by atoms with Crippen LogP contribution in [0.25, 0.3) is 10.9 Å². The van der Waals surface area contributed by atoms with Gasteiger partial charge in [-0.05, 0) is 38.7 Å². The van der Waals surface area contributed by atoms with E-state index in [0.717, 1.165) is 4.68 Å². The molecule has 4 rings (SSSR count). The average molecular weight is 320 g/mol. The molecule has 1 aromatic carbocycles. The fourth-order valence-corrected chi connectivity index (χ4v) is 3.33. The van der Waals surface area contributed by atoms with Crippen molar-refractivity contribution in [2.45, 2.75) is 50.1 Å². The van der Waals surface area contributed by atoms with Gasteiger partial charge in [0.2, 0.25) is 0 Å². The summed E-state index contributed by atoms with van der Waals surface area (Å²) in [5.74, 6) is -0.982. The number of piperidine rings is 2. The van der Waals surface area contributed by atoms with Crippen molar-refractivity contribution in [3.8, 4) is 0 Å². The molecule has 0 aliphatic carbocycles. The number of fused-ring (bicyclic) bond motifs is 3. The molecule has 5 heteroatoms. The van der Waals surface area contributed by atoms with Crippen molar-refractivity contribution < 1.29 is 15.8 Å². The van der Waals surface area contributed by atoms with Crippen molar-refractivity contribution in [2.75, 3.05) is 7.05 Å². The lowest BCUT2D eigenvalue weighted by atomic mass is 9.82. The maximum atomic E-state index is 13.2. The lowest BCUT2D eigenvalue weighted by Crippen LogP contribution is -2.55. The number of carbonyl (C=O) groups excluding carboxylic acids is 1. The number of benzene rings is 1. The van der Waals surface area contributed by atoms with Crippen molar-refractivity contribution in [2.24, 2.45) is 6.98 Å². The zero-order chi connectivity index (χ0) is 23.0. The number of amides is 1. The van der Waals surface area contributed by atoms with Crippen molar-refractivity contribution in [3.63, 3.8) is 0 Å². The molecule has 2 fully saturated rings. The highest BCUT2D eigenvalue weighted by molar-refractivity contribution is 6.04. The first-order chi connectivity index (χ1) is 14.2. The highest BCUT2D eigenvalue weighted by Crippen LogP contribution is 2.32. The Balaban J connectivity index is 1.79. The number of nitrogens with one attached hydrogen (secondary N) is 1. The number of para-hydroxylation sites is 1. The fraction of sp³-hybridized carbons (Fsp3) is 0.556. The summed E-state index contributed by atoms with van der Waals surface area (Å²) in [7, 11) is 1.65. The summed E-state index contributed by atoms with van der Waals surface area (Å²) in [6, 6.07) is 2.18. The number of aryl methyl sites for hydroxylation is 1. The van der Waals surface area contributed by atoms with E-state index in [1.165, 1.54) is 12.1 Å². The van der Waals surface area contributed by atoms with E-state index in [1.54, 1.807) is 24.1 Å². The first kappa shape index (κ1) is 8.29. The van der Waals surface area contributed by atoms with E-state index >= 15 is 0 Å². The van der Waals surface area contributed by atoms with Crippen molar-refractivity contribution in [1.82, 2.24) is 20.0 Å². The minimum atomic E-state index is -2.65. The van der Waals surface area contributed by atoms with Crippen LogP contribution >= 0.6 is 0 Å². The molecule has 2 unspecified atom stereocenters. The number of nitrogens with zero attached hydrogens (tertiary/aromatic N) is 3. The van der Waals surface area contributed by atoms with Crippen LogP contribution in [0, 0.1) is 0 Å². The maximum Gasteiger partial charge on any atom is 0.272 e. The third-order valence-corrected chi connectivity index (χ3v) is 4.60. The molecule has 23 heavy (non-hydrogen) atoms. The molecule has 2 saturated heterocycles. The Morgan fingerprint density at radius 3 is 2.87 bits per heavy atom. The van der Waals surface area contributed by atoms with Gasteiger partial charge in [0.1, 0.15) is 0 Å². The fourth-order valence-electron chi connectivity index (χ4n) is 3.33. The molecule has 2 bridgehead atoms. The van der Waals surface area contributed by atoms with E-state index in [4.69, 9.17) is 11.0 Å². The predicted octanol–water partition coefficient (Wildman–Crippen LogP) is 2.32. The van der Waals surface area contributed by atoms with Gasteiger partial charge in [-0.15, -0.1) is 0 Å². The number of rotatable bonds is 2. The summed E-state index contributed by atoms with van der Waals surface area (Å²) in [5.41, 5.74) is -0.0908. The van der Waals surface area contributed by atoms with Crippen LogP contribution in [0.2, 0.25) is 0 Å². The van der Waals surface area contributed by atoms with Gasteiger partial charge in [-0.3, -0.25) is 9.48 Å². The summed E-state index contributed by atoms with van der Waals surface area (Å²) in [6.45, 7) is -2.65. The lowest BCUT2D eigenvalue weighted by Gasteiger charge is -2.47. The van der Waals surface area contributed by atoms with Gasteiger partial charge in [-0.1, -0.05) is 24.6 Å². The molecule has 2 atom stereocenters. The first-order valence-electron chi connectivity index (χ1n) is 11.8. The summed E-state index contributed by atoms with van der Waals surface area (Å²) in [4.78, 5) is 14.9. The molecular formula is C18H24N4O. The zero-order valence-electron chi connectivity index (χ0n) is 20.8. The highest BCUT2D eigenvalue weighted by atomic mass is 16.2. The second-order valence-corrected chi connectivity index (χ2v) is 6.02. The van der Waals surface area contributed by atoms with Crippen LogP contribution in [0.1, 0.15) is 53.5 Å². The second-order valence-electron chi connectivity index (χ2n) is 6.02. The van der Waals surface area contributed by atoms with Crippen LogP contribution < -0.4 is 5.32 Å². The Hall–Kier alpha value is -1.88. The van der Waals surface area contributed by atoms with E-state index < -0.39 is 43.7 Å². The van der Waals surface area contributed by atoms with Gasteiger partial charge >= 0.3 is 0 Å². The largest absolute Gasteiger partial charge is 0.348 e. The quantitative estimate of drug-likeness (QED) is 0.924. The van der Waals surface area contributed by atoms with Crippen LogP contribution in [0.15, 0.2) is 24.3 Å². The van der Waals surface area contributed by atoms with Crippen LogP contribution in [0.4, 0.5) is 0 Å². The third-order valence-electron chi connectivity index (χ3n) is 4.60. The second kappa shape index (κ2) is 5.64. The summed E-state index contributed by atoms with van der Waals surface area (Å²) >= 11 is 0. The molecule has 5 nitrogen and oxygen atoms in total. The standard InChI is InChI=1S/C18H24N4O/c1-21-13-6-5-7-14(21)11-12(10-13)19-18(23)17-15-8-3-4-9-16(15)22(2)20-17/h3-4,8-9,12-14H,5-7,10-11H2,1-2H3,(H,19,23)/i2D3,10D2,11D2,12D. The molecule has 2 aliphatic rings. The van der Waals surface area contributed by atoms with Gasteiger partial charge in [0, 0.05) is 40.1 Å². The van der Waals surface area contributed by atoms with E-state index in [9.17, 15) is 4.79 Å². The van der Waals surface area contributed by atoms with Crippen LogP contribution in [-0.2, 0) is 6.98 Å². The molecule has 1 amide bonds. The number of hydrogen-bond donors (Lipinski definition) is 1. The van der Waals surface area contributed by atoms with Gasteiger partial charge < -0.3 is 10.2 Å². The zero-order valence-corrected chi connectivity index (χ0v) is 12.8. The summed E-state index contributed by atoms with van der Waals surface area (Å²) < 4.78 is 67.2. The Bertz CT molecular complexity index is 1010. The number of aromatic nitrogens is 2. The molecule has 0 radical (unpaired) electrons. The molecule has 2 aliphatic heterocycles. The minimum absolute atomic E-state index is 0.193. The smallest absolute Gasteiger partial charge is 0.272 e. The first-order valence-corrected chi connectivity index (χ1v) is 7.76. The van der Waals surface area contributed by atoms with E-state index in [1.807, 2.05) is 0 Å². The van der Waals surface area contributed by atoms with Crippen LogP contribution in [0.3, 0.4) is 0 Å². The van der Waals surface area contributed by atoms with E-state index in [0.29, 0.717) is 19.3 Å². The monoisotopic (exact) mass is 320 g/mol. The molecule has 1 aromatic heterocycles. The molecule has 3 heterocycles. The van der Waals surface area contributed by atoms with Crippen LogP contribution in [0.5, 0.6) is 0 Å². The van der Waals surface area contributed by atoms with Crippen molar-refractivity contribution >= 4 is 16.8 Å². The van der Waals surface area contributed by atoms with Gasteiger partial charge in [0.15, 0.2) is 5.69 Å².